The number of hydrogen-bond donors (Lipinski definition) is 0. The zero-order valence-electron chi connectivity index (χ0n) is 8.34. The fraction of sp³-hybridized carbons (Fsp3) is 0.583. The second-order valence-corrected chi connectivity index (χ2v) is 2.79. The molecule has 0 aliphatic rings. The van der Waals surface area contributed by atoms with E-state index in [1.807, 2.05) is 0 Å². The van der Waals surface area contributed by atoms with Crippen LogP contribution in [0.15, 0.2) is 30.0 Å². The lowest BCUT2D eigenvalue weighted by Crippen LogP contribution is -1.67. The molecular formula is C12H20. The van der Waals surface area contributed by atoms with Gasteiger partial charge in [0.15, 0.2) is 0 Å². The Balaban J connectivity index is 3.21. The van der Waals surface area contributed by atoms with Crippen LogP contribution in [0, 0.1) is 0 Å². The van der Waals surface area contributed by atoms with Gasteiger partial charge in [0.2, 0.25) is 0 Å². The van der Waals surface area contributed by atoms with Crippen molar-refractivity contribution in [2.24, 2.45) is 0 Å². The van der Waals surface area contributed by atoms with Gasteiger partial charge in [-0.05, 0) is 44.3 Å². The highest BCUT2D eigenvalue weighted by Crippen LogP contribution is 1.97. The quantitative estimate of drug-likeness (QED) is 0.313. The molecule has 0 aliphatic carbocycles. The van der Waals surface area contributed by atoms with Gasteiger partial charge < -0.3 is 0 Å². The van der Waals surface area contributed by atoms with Crippen molar-refractivity contribution in [3.63, 3.8) is 0 Å². The van der Waals surface area contributed by atoms with Gasteiger partial charge in [-0.15, -0.1) is 5.73 Å². The summed E-state index contributed by atoms with van der Waals surface area (Å²) >= 11 is 0. The summed E-state index contributed by atoms with van der Waals surface area (Å²) in [6, 6.07) is 0. The molecule has 0 fully saturated rings. The van der Waals surface area contributed by atoms with Crippen LogP contribution in [0.25, 0.3) is 0 Å². The summed E-state index contributed by atoms with van der Waals surface area (Å²) in [7, 11) is 0. The fourth-order valence-corrected chi connectivity index (χ4v) is 0.907. The third-order valence-corrected chi connectivity index (χ3v) is 1.56. The lowest BCUT2D eigenvalue weighted by atomic mass is 10.2. The van der Waals surface area contributed by atoms with E-state index in [0.29, 0.717) is 0 Å². The van der Waals surface area contributed by atoms with Gasteiger partial charge in [-0.25, -0.2) is 0 Å². The molecule has 0 rings (SSSR count). The van der Waals surface area contributed by atoms with Gasteiger partial charge in [0.05, 0.1) is 0 Å². The molecule has 0 N–H and O–H groups in total. The highest BCUT2D eigenvalue weighted by molar-refractivity contribution is 4.85. The largest absolute Gasteiger partial charge is 0.130 e. The van der Waals surface area contributed by atoms with E-state index in [1.54, 1.807) is 0 Å². The standard InChI is InChI=1S/C12H20/c1-3-5-7-9-11-12-10-8-6-4-2/h5-7,10H,3-4,9,11-12H2,1-2H3. The van der Waals surface area contributed by atoms with Crippen molar-refractivity contribution in [3.8, 4) is 0 Å². The molecule has 0 aromatic heterocycles. The number of unbranched alkanes of at least 4 members (excludes halogenated alkanes) is 2. The lowest BCUT2D eigenvalue weighted by Gasteiger charge is -1.87. The summed E-state index contributed by atoms with van der Waals surface area (Å²) in [5.74, 6) is 0. The maximum Gasteiger partial charge on any atom is -0.0272 e. The first-order chi connectivity index (χ1) is 5.91. The van der Waals surface area contributed by atoms with Gasteiger partial charge in [0.25, 0.3) is 0 Å². The zero-order valence-corrected chi connectivity index (χ0v) is 8.34. The van der Waals surface area contributed by atoms with Crippen molar-refractivity contribution < 1.29 is 0 Å². The minimum atomic E-state index is 1.09. The molecule has 0 saturated heterocycles. The van der Waals surface area contributed by atoms with Gasteiger partial charge in [-0.2, -0.15) is 0 Å². The monoisotopic (exact) mass is 164 g/mol. The molecule has 0 heterocycles. The number of allylic oxidation sites excluding steroid dienone is 3. The van der Waals surface area contributed by atoms with E-state index in [2.05, 4.69) is 43.9 Å². The van der Waals surface area contributed by atoms with E-state index < -0.39 is 0 Å². The van der Waals surface area contributed by atoms with Crippen LogP contribution in [0.4, 0.5) is 0 Å². The minimum Gasteiger partial charge on any atom is -0.130 e. The normalized spacial score (nSPS) is 9.83. The molecule has 0 aromatic rings. The molecule has 0 unspecified atom stereocenters. The summed E-state index contributed by atoms with van der Waals surface area (Å²) in [5, 5.41) is 0. The van der Waals surface area contributed by atoms with Gasteiger partial charge in [0, 0.05) is 0 Å². The summed E-state index contributed by atoms with van der Waals surface area (Å²) in [6.07, 6.45) is 14.6. The first kappa shape index (κ1) is 11.3. The molecule has 0 heteroatoms. The Hall–Kier alpha value is -0.740. The van der Waals surface area contributed by atoms with Crippen molar-refractivity contribution in [2.45, 2.75) is 46.0 Å². The van der Waals surface area contributed by atoms with E-state index in [-0.39, 0.29) is 0 Å². The fourth-order valence-electron chi connectivity index (χ4n) is 0.907. The number of hydrogen-bond acceptors (Lipinski definition) is 0. The maximum absolute atomic E-state index is 3.15. The van der Waals surface area contributed by atoms with Crippen molar-refractivity contribution >= 4 is 0 Å². The van der Waals surface area contributed by atoms with Crippen molar-refractivity contribution in [1.82, 2.24) is 0 Å². The van der Waals surface area contributed by atoms with Crippen LogP contribution < -0.4 is 0 Å². The Morgan fingerprint density at radius 2 is 1.75 bits per heavy atom. The SMILES string of the molecule is CCC=C=CCCCC=CCC. The van der Waals surface area contributed by atoms with Crippen LogP contribution in [0.1, 0.15) is 46.0 Å². The Morgan fingerprint density at radius 3 is 2.42 bits per heavy atom. The molecule has 0 aromatic carbocycles. The second kappa shape index (κ2) is 10.3. The molecule has 0 atom stereocenters. The molecular weight excluding hydrogens is 144 g/mol. The van der Waals surface area contributed by atoms with Crippen molar-refractivity contribution in [3.05, 3.63) is 30.0 Å². The topological polar surface area (TPSA) is 0 Å². The molecule has 0 radical (unpaired) electrons. The van der Waals surface area contributed by atoms with Crippen LogP contribution in [-0.2, 0) is 0 Å². The van der Waals surface area contributed by atoms with Gasteiger partial charge in [0.1, 0.15) is 0 Å². The minimum absolute atomic E-state index is 1.09. The predicted octanol–water partition coefficient (Wildman–Crippen LogP) is 4.24. The lowest BCUT2D eigenvalue weighted by molar-refractivity contribution is 0.865. The van der Waals surface area contributed by atoms with E-state index in [9.17, 15) is 0 Å². The summed E-state index contributed by atoms with van der Waals surface area (Å²) in [4.78, 5) is 0. The maximum atomic E-state index is 3.15. The zero-order chi connectivity index (χ0) is 9.07. The highest BCUT2D eigenvalue weighted by atomic mass is 13.8. The van der Waals surface area contributed by atoms with Gasteiger partial charge >= 0.3 is 0 Å². The Kier molecular flexibility index (Phi) is 9.63. The molecule has 12 heavy (non-hydrogen) atoms. The van der Waals surface area contributed by atoms with Crippen LogP contribution in [0.5, 0.6) is 0 Å². The van der Waals surface area contributed by atoms with Crippen LogP contribution in [0.2, 0.25) is 0 Å². The molecule has 0 nitrogen and oxygen atoms in total. The third kappa shape index (κ3) is 9.26. The Morgan fingerprint density at radius 1 is 0.917 bits per heavy atom. The van der Waals surface area contributed by atoms with E-state index in [1.165, 1.54) is 12.8 Å². The van der Waals surface area contributed by atoms with Crippen LogP contribution >= 0.6 is 0 Å². The molecule has 0 bridgehead atoms. The summed E-state index contributed by atoms with van der Waals surface area (Å²) in [6.45, 7) is 4.30. The second-order valence-electron chi connectivity index (χ2n) is 2.79. The van der Waals surface area contributed by atoms with Gasteiger partial charge in [-0.3, -0.25) is 0 Å². The first-order valence-corrected chi connectivity index (χ1v) is 4.96. The Labute approximate surface area is 76.7 Å². The smallest absolute Gasteiger partial charge is 0.0272 e. The van der Waals surface area contributed by atoms with Crippen LogP contribution in [-0.4, -0.2) is 0 Å². The highest BCUT2D eigenvalue weighted by Gasteiger charge is 1.78. The van der Waals surface area contributed by atoms with Crippen molar-refractivity contribution in [2.75, 3.05) is 0 Å². The molecule has 68 valence electrons. The average Bonchev–Trinajstić information content (AvgIpc) is 2.10. The molecule has 0 aliphatic heterocycles. The number of rotatable bonds is 6. The molecule has 0 saturated carbocycles. The third-order valence-electron chi connectivity index (χ3n) is 1.56. The average molecular weight is 164 g/mol. The van der Waals surface area contributed by atoms with Crippen LogP contribution in [0.3, 0.4) is 0 Å². The van der Waals surface area contributed by atoms with E-state index in [0.717, 1.165) is 19.3 Å². The summed E-state index contributed by atoms with van der Waals surface area (Å²) in [5.41, 5.74) is 3.15. The summed E-state index contributed by atoms with van der Waals surface area (Å²) < 4.78 is 0. The van der Waals surface area contributed by atoms with E-state index >= 15 is 0 Å². The first-order valence-electron chi connectivity index (χ1n) is 4.96. The molecule has 0 spiro atoms. The van der Waals surface area contributed by atoms with Gasteiger partial charge in [-0.1, -0.05) is 26.0 Å². The molecule has 0 amide bonds. The predicted molar refractivity (Wildman–Crippen MR) is 56.2 cm³/mol. The Bertz CT molecular complexity index is 157. The van der Waals surface area contributed by atoms with Crippen molar-refractivity contribution in [1.29, 1.82) is 0 Å². The van der Waals surface area contributed by atoms with E-state index in [4.69, 9.17) is 0 Å².